The fourth-order valence-electron chi connectivity index (χ4n) is 3.24. The minimum absolute atomic E-state index is 0.113. The smallest absolute Gasteiger partial charge is 0.329 e. The van der Waals surface area contributed by atoms with Gasteiger partial charge in [-0.05, 0) is 56.9 Å². The summed E-state index contributed by atoms with van der Waals surface area (Å²) in [5.74, 6) is 0.726. The van der Waals surface area contributed by atoms with Gasteiger partial charge in [-0.2, -0.15) is 4.98 Å². The molecule has 150 valence electrons. The highest BCUT2D eigenvalue weighted by molar-refractivity contribution is 5.66. The molecule has 0 aromatic carbocycles. The maximum absolute atomic E-state index is 11.2. The number of carboxylic acid groups (broad SMARTS) is 1. The molecule has 1 aliphatic rings. The van der Waals surface area contributed by atoms with Gasteiger partial charge in [0, 0.05) is 19.5 Å². The van der Waals surface area contributed by atoms with Crippen molar-refractivity contribution in [1.29, 1.82) is 0 Å². The summed E-state index contributed by atoms with van der Waals surface area (Å²) in [6.45, 7) is 1.86. The van der Waals surface area contributed by atoms with E-state index < -0.39 is 10.9 Å². The number of anilines is 2. The summed E-state index contributed by atoms with van der Waals surface area (Å²) in [5, 5.41) is 25.9. The van der Waals surface area contributed by atoms with E-state index in [9.17, 15) is 14.9 Å². The first kappa shape index (κ1) is 20.8. The highest BCUT2D eigenvalue weighted by atomic mass is 16.6. The Morgan fingerprint density at radius 2 is 1.96 bits per heavy atom. The number of carbonyl (C=O) groups is 1. The van der Waals surface area contributed by atoms with Crippen molar-refractivity contribution in [3.05, 3.63) is 16.3 Å². The molecule has 0 saturated heterocycles. The maximum Gasteiger partial charge on any atom is 0.329 e. The molecule has 0 atom stereocenters. The Labute approximate surface area is 158 Å². The van der Waals surface area contributed by atoms with Gasteiger partial charge < -0.3 is 21.5 Å². The molecule has 0 amide bonds. The topological polar surface area (TPSA) is 156 Å². The van der Waals surface area contributed by atoms with Crippen LogP contribution >= 0.6 is 0 Å². The first-order valence-electron chi connectivity index (χ1n) is 9.40. The van der Waals surface area contributed by atoms with Gasteiger partial charge in [0.15, 0.2) is 0 Å². The lowest BCUT2D eigenvalue weighted by Gasteiger charge is -2.27. The van der Waals surface area contributed by atoms with Gasteiger partial charge in [0.2, 0.25) is 11.8 Å². The number of nitrogens with one attached hydrogen (secondary N) is 2. The first-order valence-corrected chi connectivity index (χ1v) is 9.40. The van der Waals surface area contributed by atoms with Crippen LogP contribution in [-0.2, 0) is 4.79 Å². The number of hydrogen-bond acceptors (Lipinski definition) is 8. The van der Waals surface area contributed by atoms with Crippen molar-refractivity contribution in [3.8, 4) is 0 Å². The molecule has 1 aromatic heterocycles. The Hall–Kier alpha value is -2.49. The largest absolute Gasteiger partial charge is 0.481 e. The van der Waals surface area contributed by atoms with Gasteiger partial charge in [0.25, 0.3) is 0 Å². The molecular formula is C17H28N6O4. The third kappa shape index (κ3) is 6.97. The van der Waals surface area contributed by atoms with Gasteiger partial charge in [-0.1, -0.05) is 0 Å². The Morgan fingerprint density at radius 1 is 1.26 bits per heavy atom. The molecule has 1 saturated carbocycles. The predicted octanol–water partition coefficient (Wildman–Crippen LogP) is 2.23. The van der Waals surface area contributed by atoms with Crippen molar-refractivity contribution < 1.29 is 14.8 Å². The lowest BCUT2D eigenvalue weighted by Crippen LogP contribution is -2.25. The summed E-state index contributed by atoms with van der Waals surface area (Å²) in [6.07, 6.45) is 6.81. The molecule has 10 nitrogen and oxygen atoms in total. The molecule has 1 fully saturated rings. The highest BCUT2D eigenvalue weighted by Gasteiger charge is 2.22. The van der Waals surface area contributed by atoms with Gasteiger partial charge in [-0.3, -0.25) is 14.9 Å². The maximum atomic E-state index is 11.2. The molecule has 27 heavy (non-hydrogen) atoms. The number of rotatable bonds is 11. The number of nitrogens with two attached hydrogens (primary N) is 1. The molecule has 1 aromatic rings. The molecule has 2 rings (SSSR count). The average Bonchev–Trinajstić information content (AvgIpc) is 2.66. The van der Waals surface area contributed by atoms with Crippen molar-refractivity contribution in [2.75, 3.05) is 30.3 Å². The van der Waals surface area contributed by atoms with E-state index in [1.165, 1.54) is 6.20 Å². The number of carboxylic acids is 1. The second kappa shape index (κ2) is 10.6. The summed E-state index contributed by atoms with van der Waals surface area (Å²) >= 11 is 0. The van der Waals surface area contributed by atoms with E-state index in [0.29, 0.717) is 43.7 Å². The Kier molecular flexibility index (Phi) is 8.18. The number of aliphatic carboxylic acids is 1. The monoisotopic (exact) mass is 380 g/mol. The van der Waals surface area contributed by atoms with E-state index in [1.807, 2.05) is 0 Å². The molecule has 5 N–H and O–H groups in total. The summed E-state index contributed by atoms with van der Waals surface area (Å²) in [4.78, 5) is 29.4. The van der Waals surface area contributed by atoms with Crippen LogP contribution in [0.4, 0.5) is 17.5 Å². The number of hydrogen-bond donors (Lipinski definition) is 4. The normalized spacial score (nSPS) is 19.4. The van der Waals surface area contributed by atoms with Gasteiger partial charge >= 0.3 is 11.7 Å². The van der Waals surface area contributed by atoms with E-state index in [1.54, 1.807) is 0 Å². The summed E-state index contributed by atoms with van der Waals surface area (Å²) in [6, 6.07) is 0. The van der Waals surface area contributed by atoms with Crippen molar-refractivity contribution in [2.45, 2.75) is 44.9 Å². The van der Waals surface area contributed by atoms with E-state index in [0.717, 1.165) is 32.2 Å². The van der Waals surface area contributed by atoms with Crippen LogP contribution in [0.15, 0.2) is 6.20 Å². The number of aromatic nitrogens is 2. The lowest BCUT2D eigenvalue weighted by atomic mass is 9.82. The van der Waals surface area contributed by atoms with Crippen molar-refractivity contribution in [1.82, 2.24) is 9.97 Å². The van der Waals surface area contributed by atoms with E-state index in [-0.39, 0.29) is 17.9 Å². The van der Waals surface area contributed by atoms with Gasteiger partial charge in [-0.25, -0.2) is 4.98 Å². The van der Waals surface area contributed by atoms with Crippen LogP contribution in [0.3, 0.4) is 0 Å². The molecule has 1 aliphatic carbocycles. The molecule has 10 heteroatoms. The summed E-state index contributed by atoms with van der Waals surface area (Å²) in [5.41, 5.74) is 5.56. The van der Waals surface area contributed by atoms with E-state index in [4.69, 9.17) is 10.8 Å². The second-order valence-electron chi connectivity index (χ2n) is 6.97. The third-order valence-corrected chi connectivity index (χ3v) is 4.92. The van der Waals surface area contributed by atoms with Crippen LogP contribution in [-0.4, -0.2) is 45.6 Å². The SMILES string of the molecule is NCC1CCC(CNc2nc(NCCCCC(=O)O)ncc2[N+](=O)[O-])CC1. The Morgan fingerprint density at radius 3 is 2.59 bits per heavy atom. The predicted molar refractivity (Wildman–Crippen MR) is 102 cm³/mol. The molecule has 0 radical (unpaired) electrons. The zero-order chi connectivity index (χ0) is 19.6. The van der Waals surface area contributed by atoms with Crippen LogP contribution < -0.4 is 16.4 Å². The zero-order valence-corrected chi connectivity index (χ0v) is 15.4. The van der Waals surface area contributed by atoms with E-state index in [2.05, 4.69) is 20.6 Å². The molecule has 0 aliphatic heterocycles. The Bertz CT molecular complexity index is 634. The molecule has 0 unspecified atom stereocenters. The van der Waals surface area contributed by atoms with Gasteiger partial charge in [-0.15, -0.1) is 0 Å². The van der Waals surface area contributed by atoms with E-state index >= 15 is 0 Å². The fraction of sp³-hybridized carbons (Fsp3) is 0.706. The van der Waals surface area contributed by atoms with Crippen LogP contribution in [0.1, 0.15) is 44.9 Å². The zero-order valence-electron chi connectivity index (χ0n) is 15.4. The summed E-state index contributed by atoms with van der Waals surface area (Å²) in [7, 11) is 0. The molecule has 0 spiro atoms. The van der Waals surface area contributed by atoms with Crippen LogP contribution in [0.25, 0.3) is 0 Å². The number of nitrogens with zero attached hydrogens (tertiary/aromatic N) is 3. The van der Waals surface area contributed by atoms with Gasteiger partial charge in [0.1, 0.15) is 6.20 Å². The van der Waals surface area contributed by atoms with Crippen molar-refractivity contribution in [2.24, 2.45) is 17.6 Å². The highest BCUT2D eigenvalue weighted by Crippen LogP contribution is 2.29. The Balaban J connectivity index is 1.88. The minimum atomic E-state index is -0.825. The molecule has 0 bridgehead atoms. The summed E-state index contributed by atoms with van der Waals surface area (Å²) < 4.78 is 0. The second-order valence-corrected chi connectivity index (χ2v) is 6.97. The van der Waals surface area contributed by atoms with Crippen molar-refractivity contribution in [3.63, 3.8) is 0 Å². The van der Waals surface area contributed by atoms with Gasteiger partial charge in [0.05, 0.1) is 4.92 Å². The molecular weight excluding hydrogens is 352 g/mol. The minimum Gasteiger partial charge on any atom is -0.481 e. The third-order valence-electron chi connectivity index (χ3n) is 4.92. The average molecular weight is 380 g/mol. The lowest BCUT2D eigenvalue weighted by molar-refractivity contribution is -0.384. The number of nitro groups is 1. The van der Waals surface area contributed by atoms with Crippen LogP contribution in [0.2, 0.25) is 0 Å². The fourth-order valence-corrected chi connectivity index (χ4v) is 3.24. The molecule has 1 heterocycles. The standard InChI is InChI=1S/C17H28N6O4/c18-9-12-4-6-13(7-5-12)10-20-16-14(23(26)27)11-21-17(22-16)19-8-2-1-3-15(24)25/h11-13H,1-10,18H2,(H,24,25)(H2,19,20,21,22). The van der Waals surface area contributed by atoms with Crippen LogP contribution in [0.5, 0.6) is 0 Å². The quantitative estimate of drug-likeness (QED) is 0.257. The first-order chi connectivity index (χ1) is 13.0. The number of unbranched alkanes of at least 4 members (excludes halogenated alkanes) is 1. The van der Waals surface area contributed by atoms with Crippen LogP contribution in [0, 0.1) is 22.0 Å². The van der Waals surface area contributed by atoms with Crippen molar-refractivity contribution >= 4 is 23.4 Å².